The van der Waals surface area contributed by atoms with Gasteiger partial charge < -0.3 is 5.11 Å². The predicted octanol–water partition coefficient (Wildman–Crippen LogP) is 4.44. The van der Waals surface area contributed by atoms with E-state index in [1.165, 1.54) is 23.5 Å². The SMILES string of the molecule is C=CCCc1nc(-c2ccc(C(F)(F)F)cc2)sc1CO. The maximum Gasteiger partial charge on any atom is 0.416 e. The largest absolute Gasteiger partial charge is 0.416 e. The molecule has 0 radical (unpaired) electrons. The second kappa shape index (κ2) is 6.41. The van der Waals surface area contributed by atoms with Crippen molar-refractivity contribution in [1.82, 2.24) is 4.98 Å². The van der Waals surface area contributed by atoms with E-state index in [-0.39, 0.29) is 6.61 Å². The van der Waals surface area contributed by atoms with E-state index in [9.17, 15) is 18.3 Å². The van der Waals surface area contributed by atoms with Gasteiger partial charge in [0.05, 0.1) is 22.7 Å². The number of allylic oxidation sites excluding steroid dienone is 1. The molecule has 1 heterocycles. The van der Waals surface area contributed by atoms with Crippen molar-refractivity contribution < 1.29 is 18.3 Å². The molecule has 2 nitrogen and oxygen atoms in total. The summed E-state index contributed by atoms with van der Waals surface area (Å²) < 4.78 is 37.6. The molecule has 0 fully saturated rings. The minimum atomic E-state index is -4.34. The Balaban J connectivity index is 2.29. The van der Waals surface area contributed by atoms with Crippen LogP contribution < -0.4 is 0 Å². The first kappa shape index (κ1) is 15.7. The monoisotopic (exact) mass is 313 g/mol. The van der Waals surface area contributed by atoms with E-state index in [1.54, 1.807) is 6.08 Å². The van der Waals surface area contributed by atoms with Gasteiger partial charge in [0.1, 0.15) is 5.01 Å². The molecule has 6 heteroatoms. The number of alkyl halides is 3. The minimum absolute atomic E-state index is 0.120. The molecule has 0 atom stereocenters. The highest BCUT2D eigenvalue weighted by molar-refractivity contribution is 7.15. The Labute approximate surface area is 124 Å². The van der Waals surface area contributed by atoms with Gasteiger partial charge in [0.15, 0.2) is 0 Å². The van der Waals surface area contributed by atoms with Crippen LogP contribution in [0.1, 0.15) is 22.6 Å². The Morgan fingerprint density at radius 1 is 1.24 bits per heavy atom. The molecule has 2 aromatic rings. The average Bonchev–Trinajstić information content (AvgIpc) is 2.87. The van der Waals surface area contributed by atoms with E-state index in [4.69, 9.17) is 0 Å². The Morgan fingerprint density at radius 2 is 1.90 bits per heavy atom. The predicted molar refractivity (Wildman–Crippen MR) is 77.0 cm³/mol. The molecule has 21 heavy (non-hydrogen) atoms. The van der Waals surface area contributed by atoms with Crippen LogP contribution in [0.25, 0.3) is 10.6 Å². The number of aliphatic hydroxyl groups is 1. The van der Waals surface area contributed by atoms with Gasteiger partial charge in [0.2, 0.25) is 0 Å². The highest BCUT2D eigenvalue weighted by Crippen LogP contribution is 2.33. The summed E-state index contributed by atoms with van der Waals surface area (Å²) in [7, 11) is 0. The van der Waals surface area contributed by atoms with Crippen LogP contribution in [0.3, 0.4) is 0 Å². The van der Waals surface area contributed by atoms with E-state index in [0.29, 0.717) is 17.0 Å². The molecular formula is C15H14F3NOS. The van der Waals surface area contributed by atoms with E-state index in [1.807, 2.05) is 0 Å². The van der Waals surface area contributed by atoms with E-state index < -0.39 is 11.7 Å². The number of aliphatic hydroxyl groups excluding tert-OH is 1. The molecule has 0 saturated heterocycles. The van der Waals surface area contributed by atoms with Crippen molar-refractivity contribution in [3.63, 3.8) is 0 Å². The summed E-state index contributed by atoms with van der Waals surface area (Å²) >= 11 is 1.30. The van der Waals surface area contributed by atoms with Crippen molar-refractivity contribution >= 4 is 11.3 Å². The van der Waals surface area contributed by atoms with Gasteiger partial charge in [-0.25, -0.2) is 4.98 Å². The molecule has 2 rings (SSSR count). The zero-order valence-electron chi connectivity index (χ0n) is 11.2. The number of halogens is 3. The second-order valence-corrected chi connectivity index (χ2v) is 5.53. The Kier molecular flexibility index (Phi) is 4.80. The molecule has 0 saturated carbocycles. The number of hydrogen-bond acceptors (Lipinski definition) is 3. The summed E-state index contributed by atoms with van der Waals surface area (Å²) in [4.78, 5) is 5.15. The van der Waals surface area contributed by atoms with Crippen LogP contribution in [0.2, 0.25) is 0 Å². The summed E-state index contributed by atoms with van der Waals surface area (Å²) in [5, 5.41) is 9.94. The summed E-state index contributed by atoms with van der Waals surface area (Å²) in [6, 6.07) is 4.89. The normalized spacial score (nSPS) is 11.6. The van der Waals surface area contributed by atoms with Crippen LogP contribution in [0, 0.1) is 0 Å². The number of nitrogens with zero attached hydrogens (tertiary/aromatic N) is 1. The molecule has 1 aromatic carbocycles. The van der Waals surface area contributed by atoms with Gasteiger partial charge in [-0.3, -0.25) is 0 Å². The first-order chi connectivity index (χ1) is 9.95. The maximum absolute atomic E-state index is 12.5. The number of rotatable bonds is 5. The first-order valence-electron chi connectivity index (χ1n) is 6.33. The quantitative estimate of drug-likeness (QED) is 0.828. The van der Waals surface area contributed by atoms with Crippen molar-refractivity contribution in [1.29, 1.82) is 0 Å². The van der Waals surface area contributed by atoms with E-state index in [0.717, 1.165) is 29.1 Å². The molecule has 0 bridgehead atoms. The number of aryl methyl sites for hydroxylation is 1. The first-order valence-corrected chi connectivity index (χ1v) is 7.15. The molecule has 0 aliphatic carbocycles. The van der Waals surface area contributed by atoms with Gasteiger partial charge in [-0.1, -0.05) is 18.2 Å². The van der Waals surface area contributed by atoms with Crippen LogP contribution in [-0.4, -0.2) is 10.1 Å². The third-order valence-corrected chi connectivity index (χ3v) is 4.10. The number of aromatic nitrogens is 1. The van der Waals surface area contributed by atoms with Gasteiger partial charge in [-0.05, 0) is 25.0 Å². The van der Waals surface area contributed by atoms with Crippen molar-refractivity contribution in [2.75, 3.05) is 0 Å². The summed E-state index contributed by atoms with van der Waals surface area (Å²) in [6.45, 7) is 3.52. The zero-order valence-corrected chi connectivity index (χ0v) is 12.0. The highest BCUT2D eigenvalue weighted by atomic mass is 32.1. The molecule has 0 spiro atoms. The Hall–Kier alpha value is -1.66. The van der Waals surface area contributed by atoms with Gasteiger partial charge in [0.25, 0.3) is 0 Å². The van der Waals surface area contributed by atoms with E-state index >= 15 is 0 Å². The van der Waals surface area contributed by atoms with Crippen molar-refractivity contribution in [2.24, 2.45) is 0 Å². The molecule has 112 valence electrons. The van der Waals surface area contributed by atoms with E-state index in [2.05, 4.69) is 11.6 Å². The molecule has 0 aliphatic heterocycles. The number of benzene rings is 1. The molecular weight excluding hydrogens is 299 g/mol. The summed E-state index contributed by atoms with van der Waals surface area (Å²) in [5.41, 5.74) is 0.710. The average molecular weight is 313 g/mol. The molecule has 0 aliphatic rings. The molecule has 0 amide bonds. The van der Waals surface area contributed by atoms with Crippen molar-refractivity contribution in [3.05, 3.63) is 53.1 Å². The fourth-order valence-electron chi connectivity index (χ4n) is 1.87. The van der Waals surface area contributed by atoms with Gasteiger partial charge in [-0.15, -0.1) is 17.9 Å². The zero-order chi connectivity index (χ0) is 15.5. The van der Waals surface area contributed by atoms with Crippen LogP contribution in [0.4, 0.5) is 13.2 Å². The summed E-state index contributed by atoms with van der Waals surface area (Å²) in [6.07, 6.45) is -1.18. The van der Waals surface area contributed by atoms with Gasteiger partial charge >= 0.3 is 6.18 Å². The highest BCUT2D eigenvalue weighted by Gasteiger charge is 2.30. The van der Waals surface area contributed by atoms with Crippen molar-refractivity contribution in [2.45, 2.75) is 25.6 Å². The van der Waals surface area contributed by atoms with Crippen LogP contribution >= 0.6 is 11.3 Å². The van der Waals surface area contributed by atoms with Crippen LogP contribution in [0.5, 0.6) is 0 Å². The van der Waals surface area contributed by atoms with Crippen LogP contribution in [-0.2, 0) is 19.2 Å². The van der Waals surface area contributed by atoms with Gasteiger partial charge in [0, 0.05) is 5.56 Å². The van der Waals surface area contributed by atoms with Crippen molar-refractivity contribution in [3.8, 4) is 10.6 Å². The lowest BCUT2D eigenvalue weighted by Crippen LogP contribution is -2.03. The maximum atomic E-state index is 12.5. The minimum Gasteiger partial charge on any atom is -0.391 e. The fourth-order valence-corrected chi connectivity index (χ4v) is 2.84. The Morgan fingerprint density at radius 3 is 2.43 bits per heavy atom. The number of hydrogen-bond donors (Lipinski definition) is 1. The second-order valence-electron chi connectivity index (χ2n) is 4.45. The molecule has 0 unspecified atom stereocenters. The lowest BCUT2D eigenvalue weighted by Gasteiger charge is -2.06. The topological polar surface area (TPSA) is 33.1 Å². The number of thiazole rings is 1. The smallest absolute Gasteiger partial charge is 0.391 e. The lowest BCUT2D eigenvalue weighted by atomic mass is 10.1. The molecule has 1 N–H and O–H groups in total. The molecule has 1 aromatic heterocycles. The fraction of sp³-hybridized carbons (Fsp3) is 0.267. The van der Waals surface area contributed by atoms with Crippen LogP contribution in [0.15, 0.2) is 36.9 Å². The standard InChI is InChI=1S/C15H14F3NOS/c1-2-3-4-12-13(9-20)21-14(19-12)10-5-7-11(8-6-10)15(16,17)18/h2,5-8,20H,1,3-4,9H2. The third-order valence-electron chi connectivity index (χ3n) is 2.97. The lowest BCUT2D eigenvalue weighted by molar-refractivity contribution is -0.137. The van der Waals surface area contributed by atoms with Gasteiger partial charge in [-0.2, -0.15) is 13.2 Å². The third kappa shape index (κ3) is 3.71. The summed E-state index contributed by atoms with van der Waals surface area (Å²) in [5.74, 6) is 0. The Bertz CT molecular complexity index is 617.